The third-order valence-corrected chi connectivity index (χ3v) is 5.26. The van der Waals surface area contributed by atoms with Gasteiger partial charge in [-0.25, -0.2) is 0 Å². The van der Waals surface area contributed by atoms with Crippen molar-refractivity contribution in [2.75, 3.05) is 0 Å². The summed E-state index contributed by atoms with van der Waals surface area (Å²) in [6.45, 7) is 7.25. The van der Waals surface area contributed by atoms with E-state index in [0.29, 0.717) is 5.41 Å². The molecule has 0 spiro atoms. The van der Waals surface area contributed by atoms with E-state index in [2.05, 4.69) is 26.8 Å². The van der Waals surface area contributed by atoms with Gasteiger partial charge in [0.2, 0.25) is 0 Å². The number of hydrogen-bond donors (Lipinski definition) is 0. The van der Waals surface area contributed by atoms with E-state index in [0.717, 1.165) is 23.7 Å². The van der Waals surface area contributed by atoms with Crippen LogP contribution in [0.2, 0.25) is 0 Å². The highest BCUT2D eigenvalue weighted by atomic mass is 14.5. The highest BCUT2D eigenvalue weighted by Gasteiger charge is 2.44. The van der Waals surface area contributed by atoms with Crippen molar-refractivity contribution in [2.45, 2.75) is 65.7 Å². The maximum absolute atomic E-state index is 2.59. The van der Waals surface area contributed by atoms with E-state index in [-0.39, 0.29) is 0 Å². The molecule has 3 fully saturated rings. The van der Waals surface area contributed by atoms with Crippen LogP contribution >= 0.6 is 0 Å². The molecule has 17 heavy (non-hydrogen) atoms. The molecule has 0 heterocycles. The molecule has 0 bridgehead atoms. The normalized spacial score (nSPS) is 39.8. The Balaban J connectivity index is 1.31. The first-order chi connectivity index (χ1) is 8.02. The van der Waals surface area contributed by atoms with Gasteiger partial charge in [-0.15, -0.1) is 0 Å². The molecule has 2 unspecified atom stereocenters. The molecule has 0 saturated heterocycles. The van der Waals surface area contributed by atoms with Gasteiger partial charge in [0.05, 0.1) is 0 Å². The van der Waals surface area contributed by atoms with E-state index in [9.17, 15) is 0 Å². The molecule has 0 aromatic rings. The summed E-state index contributed by atoms with van der Waals surface area (Å²) in [6, 6.07) is 0. The second kappa shape index (κ2) is 4.14. The molecule has 96 valence electrons. The van der Waals surface area contributed by atoms with Gasteiger partial charge >= 0.3 is 0 Å². The Morgan fingerprint density at radius 3 is 2.29 bits per heavy atom. The molecule has 0 aliphatic heterocycles. The maximum Gasteiger partial charge on any atom is -0.0226 e. The summed E-state index contributed by atoms with van der Waals surface area (Å²) in [5.74, 6) is 4.18. The predicted molar refractivity (Wildman–Crippen MR) is 73.8 cm³/mol. The van der Waals surface area contributed by atoms with Crippen LogP contribution < -0.4 is 0 Å². The molecule has 0 nitrogen and oxygen atoms in total. The van der Waals surface area contributed by atoms with Crippen LogP contribution in [0.25, 0.3) is 0 Å². The lowest BCUT2D eigenvalue weighted by Gasteiger charge is -2.33. The van der Waals surface area contributed by atoms with Crippen LogP contribution in [0.3, 0.4) is 0 Å². The lowest BCUT2D eigenvalue weighted by molar-refractivity contribution is 0.212. The van der Waals surface area contributed by atoms with Crippen LogP contribution in [0.5, 0.6) is 0 Å². The lowest BCUT2D eigenvalue weighted by atomic mass is 9.72. The zero-order valence-corrected chi connectivity index (χ0v) is 11.8. The van der Waals surface area contributed by atoms with Gasteiger partial charge in [-0.3, -0.25) is 0 Å². The quantitative estimate of drug-likeness (QED) is 0.585. The molecule has 0 N–H and O–H groups in total. The SMILES string of the molecule is CC(C)(C)C1CC1CCC1CC(C=C2CC2)C1. The van der Waals surface area contributed by atoms with Crippen LogP contribution in [0.1, 0.15) is 65.7 Å². The summed E-state index contributed by atoms with van der Waals surface area (Å²) in [4.78, 5) is 0. The molecule has 3 rings (SSSR count). The van der Waals surface area contributed by atoms with E-state index < -0.39 is 0 Å². The van der Waals surface area contributed by atoms with Crippen molar-refractivity contribution >= 4 is 0 Å². The summed E-state index contributed by atoms with van der Waals surface area (Å²) < 4.78 is 0. The van der Waals surface area contributed by atoms with Gasteiger partial charge in [0, 0.05) is 0 Å². The van der Waals surface area contributed by atoms with E-state index >= 15 is 0 Å². The van der Waals surface area contributed by atoms with E-state index in [1.807, 2.05) is 0 Å². The Morgan fingerprint density at radius 2 is 1.76 bits per heavy atom. The van der Waals surface area contributed by atoms with Gasteiger partial charge in [0.1, 0.15) is 0 Å². The minimum absolute atomic E-state index is 0.573. The molecule has 0 aromatic heterocycles. The Kier molecular flexibility index (Phi) is 2.88. The van der Waals surface area contributed by atoms with Crippen molar-refractivity contribution in [1.82, 2.24) is 0 Å². The highest BCUT2D eigenvalue weighted by molar-refractivity contribution is 5.18. The lowest BCUT2D eigenvalue weighted by Crippen LogP contribution is -2.22. The summed E-state index contributed by atoms with van der Waals surface area (Å²) in [5.41, 5.74) is 2.33. The molecule has 0 aromatic carbocycles. The van der Waals surface area contributed by atoms with E-state index in [4.69, 9.17) is 0 Å². The molecule has 0 radical (unpaired) electrons. The molecule has 2 atom stereocenters. The highest BCUT2D eigenvalue weighted by Crippen LogP contribution is 2.54. The summed E-state index contributed by atoms with van der Waals surface area (Å²) >= 11 is 0. The zero-order valence-electron chi connectivity index (χ0n) is 11.8. The second-order valence-corrected chi connectivity index (χ2v) is 7.97. The summed E-state index contributed by atoms with van der Waals surface area (Å²) in [6.07, 6.45) is 13.0. The molecular formula is C17H28. The van der Waals surface area contributed by atoms with Crippen molar-refractivity contribution < 1.29 is 0 Å². The van der Waals surface area contributed by atoms with E-state index in [1.54, 1.807) is 5.57 Å². The molecule has 0 heteroatoms. The Labute approximate surface area is 107 Å². The first-order valence-electron chi connectivity index (χ1n) is 7.72. The largest absolute Gasteiger partial charge is 0.0822 e. The molecule has 3 aliphatic carbocycles. The van der Waals surface area contributed by atoms with E-state index in [1.165, 1.54) is 44.9 Å². The van der Waals surface area contributed by atoms with Crippen molar-refractivity contribution in [3.05, 3.63) is 11.6 Å². The summed E-state index contributed by atoms with van der Waals surface area (Å²) in [5, 5.41) is 0. The first-order valence-corrected chi connectivity index (χ1v) is 7.72. The smallest absolute Gasteiger partial charge is 0.0226 e. The Hall–Kier alpha value is -0.260. The Bertz CT molecular complexity index is 305. The fourth-order valence-corrected chi connectivity index (χ4v) is 3.81. The van der Waals surface area contributed by atoms with Crippen LogP contribution in [-0.4, -0.2) is 0 Å². The van der Waals surface area contributed by atoms with Gasteiger partial charge in [0.25, 0.3) is 0 Å². The van der Waals surface area contributed by atoms with Gasteiger partial charge in [-0.1, -0.05) is 38.8 Å². The monoisotopic (exact) mass is 232 g/mol. The zero-order chi connectivity index (χ0) is 12.0. The summed E-state index contributed by atoms with van der Waals surface area (Å²) in [7, 11) is 0. The molecule has 3 saturated carbocycles. The topological polar surface area (TPSA) is 0 Å². The van der Waals surface area contributed by atoms with Crippen LogP contribution in [0, 0.1) is 29.1 Å². The van der Waals surface area contributed by atoms with Gasteiger partial charge in [-0.05, 0) is 67.6 Å². The third-order valence-electron chi connectivity index (χ3n) is 5.26. The van der Waals surface area contributed by atoms with Crippen LogP contribution in [0.15, 0.2) is 11.6 Å². The predicted octanol–water partition coefficient (Wildman–Crippen LogP) is 5.20. The average molecular weight is 232 g/mol. The van der Waals surface area contributed by atoms with Gasteiger partial charge in [-0.2, -0.15) is 0 Å². The molecular weight excluding hydrogens is 204 g/mol. The first kappa shape index (κ1) is 11.8. The minimum Gasteiger partial charge on any atom is -0.0822 e. The van der Waals surface area contributed by atoms with Gasteiger partial charge in [0.15, 0.2) is 0 Å². The van der Waals surface area contributed by atoms with Crippen molar-refractivity contribution in [3.63, 3.8) is 0 Å². The minimum atomic E-state index is 0.573. The average Bonchev–Trinajstić information content (AvgIpc) is 3.01. The number of hydrogen-bond acceptors (Lipinski definition) is 0. The molecule has 0 amide bonds. The van der Waals surface area contributed by atoms with Crippen LogP contribution in [0.4, 0.5) is 0 Å². The second-order valence-electron chi connectivity index (χ2n) is 7.97. The fraction of sp³-hybridized carbons (Fsp3) is 0.882. The van der Waals surface area contributed by atoms with Crippen molar-refractivity contribution in [3.8, 4) is 0 Å². The Morgan fingerprint density at radius 1 is 1.06 bits per heavy atom. The number of rotatable bonds is 4. The standard InChI is InChI=1S/C17H28/c1-17(2,3)16-11-15(16)7-6-13-9-14(10-13)8-12-4-5-12/h8,13-16H,4-7,9-11H2,1-3H3. The van der Waals surface area contributed by atoms with Crippen molar-refractivity contribution in [2.24, 2.45) is 29.1 Å². The van der Waals surface area contributed by atoms with Gasteiger partial charge < -0.3 is 0 Å². The fourth-order valence-electron chi connectivity index (χ4n) is 3.81. The number of allylic oxidation sites excluding steroid dienone is 2. The maximum atomic E-state index is 2.59. The third kappa shape index (κ3) is 2.95. The van der Waals surface area contributed by atoms with Crippen molar-refractivity contribution in [1.29, 1.82) is 0 Å². The van der Waals surface area contributed by atoms with Crippen LogP contribution in [-0.2, 0) is 0 Å². The molecule has 3 aliphatic rings.